The van der Waals surface area contributed by atoms with Crippen LogP contribution >= 0.6 is 0 Å². The van der Waals surface area contributed by atoms with Crippen molar-refractivity contribution in [3.63, 3.8) is 0 Å². The van der Waals surface area contributed by atoms with Gasteiger partial charge < -0.3 is 23.8 Å². The van der Waals surface area contributed by atoms with E-state index in [0.717, 1.165) is 5.56 Å². The molecule has 10 nitrogen and oxygen atoms in total. The molecule has 0 unspecified atom stereocenters. The molecule has 2 aliphatic heterocycles. The molecule has 0 spiro atoms. The summed E-state index contributed by atoms with van der Waals surface area (Å²) in [4.78, 5) is 37.0. The first-order valence-electron chi connectivity index (χ1n) is 11.1. The van der Waals surface area contributed by atoms with Gasteiger partial charge in [0.25, 0.3) is 0 Å². The van der Waals surface area contributed by atoms with Crippen LogP contribution in [0.5, 0.6) is 17.4 Å². The second kappa shape index (κ2) is 9.49. The number of rotatable bonds is 6. The molecule has 2 aliphatic rings. The van der Waals surface area contributed by atoms with Crippen LogP contribution in [0.25, 0.3) is 17.1 Å². The van der Waals surface area contributed by atoms with Crippen LogP contribution in [0.15, 0.2) is 48.7 Å². The topological polar surface area (TPSA) is 103 Å². The Kier molecular flexibility index (Phi) is 6.09. The van der Waals surface area contributed by atoms with Gasteiger partial charge in [0.05, 0.1) is 36.9 Å². The first kappa shape index (κ1) is 22.5. The molecule has 0 aliphatic carbocycles. The van der Waals surface area contributed by atoms with Gasteiger partial charge in [-0.1, -0.05) is 0 Å². The monoisotopic (exact) mass is 476 g/mol. The van der Waals surface area contributed by atoms with Crippen LogP contribution < -0.4 is 19.1 Å². The zero-order valence-electron chi connectivity index (χ0n) is 19.3. The SMILES string of the molecule is COc1ccc2nccc(/C=C/C(=O)N(C)C[C@H]3CN(c4ccc5c(c4)OCCO5)C(=O)O3)c2n1. The fourth-order valence-corrected chi connectivity index (χ4v) is 3.99. The van der Waals surface area contributed by atoms with E-state index in [-0.39, 0.29) is 12.5 Å². The highest BCUT2D eigenvalue weighted by atomic mass is 16.6. The number of hydrogen-bond donors (Lipinski definition) is 0. The van der Waals surface area contributed by atoms with E-state index < -0.39 is 12.2 Å². The molecule has 0 radical (unpaired) electrons. The standard InChI is InChI=1S/C25H24N4O6/c1-28(23(30)8-3-16-9-10-26-19-5-7-22(32-2)27-24(16)19)14-18-15-29(25(31)35-18)17-4-6-20-21(13-17)34-12-11-33-20/h3-10,13,18H,11-12,14-15H2,1-2H3/b8-3+/t18-/m0/s1. The molecule has 1 aromatic carbocycles. The minimum absolute atomic E-state index is 0.230. The molecule has 2 aromatic heterocycles. The van der Waals surface area contributed by atoms with Crippen molar-refractivity contribution in [3.8, 4) is 17.4 Å². The van der Waals surface area contributed by atoms with Crippen LogP contribution in [-0.4, -0.2) is 73.4 Å². The Labute approximate surface area is 201 Å². The van der Waals surface area contributed by atoms with E-state index in [1.165, 1.54) is 15.9 Å². The van der Waals surface area contributed by atoms with Crippen molar-refractivity contribution in [2.24, 2.45) is 0 Å². The van der Waals surface area contributed by atoms with Crippen LogP contribution in [0, 0.1) is 0 Å². The normalized spacial score (nSPS) is 17.0. The highest BCUT2D eigenvalue weighted by molar-refractivity contribution is 5.95. The summed E-state index contributed by atoms with van der Waals surface area (Å²) in [6.45, 7) is 1.53. The third-order valence-corrected chi connectivity index (χ3v) is 5.77. The lowest BCUT2D eigenvalue weighted by Gasteiger charge is -2.21. The van der Waals surface area contributed by atoms with Gasteiger partial charge in [0.1, 0.15) is 19.3 Å². The fraction of sp³-hybridized carbons (Fsp3) is 0.280. The Hall–Kier alpha value is -4.34. The second-order valence-electron chi connectivity index (χ2n) is 8.12. The maximum atomic E-state index is 12.8. The lowest BCUT2D eigenvalue weighted by Crippen LogP contribution is -2.35. The van der Waals surface area contributed by atoms with Crippen LogP contribution in [0.1, 0.15) is 5.56 Å². The average Bonchev–Trinajstić information content (AvgIpc) is 3.26. The van der Waals surface area contributed by atoms with E-state index in [2.05, 4.69) is 9.97 Å². The zero-order valence-corrected chi connectivity index (χ0v) is 19.3. The van der Waals surface area contributed by atoms with Gasteiger partial charge in [0, 0.05) is 37.0 Å². The Bertz CT molecular complexity index is 1310. The van der Waals surface area contributed by atoms with Gasteiger partial charge in [-0.3, -0.25) is 14.7 Å². The van der Waals surface area contributed by atoms with E-state index >= 15 is 0 Å². The third-order valence-electron chi connectivity index (χ3n) is 5.77. The number of amides is 2. The molecule has 1 atom stereocenters. The fourth-order valence-electron chi connectivity index (χ4n) is 3.99. The van der Waals surface area contributed by atoms with Gasteiger partial charge in [-0.2, -0.15) is 0 Å². The molecular weight excluding hydrogens is 452 g/mol. The van der Waals surface area contributed by atoms with Gasteiger partial charge in [-0.25, -0.2) is 9.78 Å². The predicted molar refractivity (Wildman–Crippen MR) is 128 cm³/mol. The molecule has 35 heavy (non-hydrogen) atoms. The number of cyclic esters (lactones) is 1. The highest BCUT2D eigenvalue weighted by Crippen LogP contribution is 2.35. The van der Waals surface area contributed by atoms with Gasteiger partial charge >= 0.3 is 6.09 Å². The summed E-state index contributed by atoms with van der Waals surface area (Å²) in [5.41, 5.74) is 2.74. The van der Waals surface area contributed by atoms with Gasteiger partial charge in [0.2, 0.25) is 11.8 Å². The number of fused-ring (bicyclic) bond motifs is 2. The van der Waals surface area contributed by atoms with Crippen molar-refractivity contribution in [3.05, 3.63) is 54.2 Å². The van der Waals surface area contributed by atoms with Gasteiger partial charge in [0.15, 0.2) is 11.5 Å². The number of benzene rings is 1. The lowest BCUT2D eigenvalue weighted by atomic mass is 10.2. The molecule has 2 amide bonds. The van der Waals surface area contributed by atoms with Crippen molar-refractivity contribution in [1.82, 2.24) is 14.9 Å². The summed E-state index contributed by atoms with van der Waals surface area (Å²) in [6, 6.07) is 10.7. The summed E-state index contributed by atoms with van der Waals surface area (Å²) in [7, 11) is 3.21. The second-order valence-corrected chi connectivity index (χ2v) is 8.12. The molecule has 10 heteroatoms. The number of ether oxygens (including phenoxy) is 4. The van der Waals surface area contributed by atoms with Crippen LogP contribution in [0.4, 0.5) is 10.5 Å². The van der Waals surface area contributed by atoms with E-state index in [9.17, 15) is 9.59 Å². The summed E-state index contributed by atoms with van der Waals surface area (Å²) in [5.74, 6) is 1.48. The molecule has 0 N–H and O–H groups in total. The largest absolute Gasteiger partial charge is 0.486 e. The maximum absolute atomic E-state index is 12.8. The third kappa shape index (κ3) is 4.68. The number of anilines is 1. The molecule has 3 aromatic rings. The van der Waals surface area contributed by atoms with Crippen LogP contribution in [-0.2, 0) is 9.53 Å². The van der Waals surface area contributed by atoms with Crippen molar-refractivity contribution in [2.45, 2.75) is 6.10 Å². The summed E-state index contributed by atoms with van der Waals surface area (Å²) in [6.07, 6.45) is 3.88. The number of nitrogens with zero attached hydrogens (tertiary/aromatic N) is 4. The number of hydrogen-bond acceptors (Lipinski definition) is 8. The minimum atomic E-state index is -0.467. The van der Waals surface area contributed by atoms with E-state index in [1.807, 2.05) is 6.07 Å². The average molecular weight is 476 g/mol. The summed E-state index contributed by atoms with van der Waals surface area (Å²) in [5, 5.41) is 0. The number of methoxy groups -OCH3 is 1. The van der Waals surface area contributed by atoms with Gasteiger partial charge in [-0.05, 0) is 30.3 Å². The molecule has 1 saturated heterocycles. The predicted octanol–water partition coefficient (Wildman–Crippen LogP) is 2.91. The summed E-state index contributed by atoms with van der Waals surface area (Å²) >= 11 is 0. The highest BCUT2D eigenvalue weighted by Gasteiger charge is 2.34. The van der Waals surface area contributed by atoms with Crippen LogP contribution in [0.3, 0.4) is 0 Å². The van der Waals surface area contributed by atoms with Crippen molar-refractivity contribution in [2.75, 3.05) is 45.4 Å². The molecule has 180 valence electrons. The van der Waals surface area contributed by atoms with Crippen LogP contribution in [0.2, 0.25) is 0 Å². The number of carbonyl (C=O) groups excluding carboxylic acids is 2. The number of pyridine rings is 2. The minimum Gasteiger partial charge on any atom is -0.486 e. The maximum Gasteiger partial charge on any atom is 0.414 e. The quantitative estimate of drug-likeness (QED) is 0.501. The Morgan fingerprint density at radius 2 is 2.03 bits per heavy atom. The molecule has 0 bridgehead atoms. The first-order chi connectivity index (χ1) is 17.0. The van der Waals surface area contributed by atoms with Gasteiger partial charge in [-0.15, -0.1) is 0 Å². The van der Waals surface area contributed by atoms with Crippen molar-refractivity contribution >= 4 is 34.8 Å². The van der Waals surface area contributed by atoms with E-state index in [4.69, 9.17) is 18.9 Å². The molecular formula is C25H24N4O6. The van der Waals surface area contributed by atoms with E-state index in [0.29, 0.717) is 53.9 Å². The van der Waals surface area contributed by atoms with E-state index in [1.54, 1.807) is 56.8 Å². The number of carbonyl (C=O) groups is 2. The number of aromatic nitrogens is 2. The summed E-state index contributed by atoms with van der Waals surface area (Å²) < 4.78 is 21.8. The molecule has 4 heterocycles. The molecule has 0 saturated carbocycles. The smallest absolute Gasteiger partial charge is 0.414 e. The van der Waals surface area contributed by atoms with Crippen molar-refractivity contribution in [1.29, 1.82) is 0 Å². The Morgan fingerprint density at radius 1 is 1.20 bits per heavy atom. The zero-order chi connectivity index (χ0) is 24.4. The van der Waals surface area contributed by atoms with Crippen molar-refractivity contribution < 1.29 is 28.5 Å². The number of likely N-dealkylation sites (N-methyl/N-ethyl adjacent to an activating group) is 1. The first-order valence-corrected chi connectivity index (χ1v) is 11.1. The Balaban J connectivity index is 1.24. The molecule has 5 rings (SSSR count). The lowest BCUT2D eigenvalue weighted by molar-refractivity contribution is -0.125. The molecule has 1 fully saturated rings. The Morgan fingerprint density at radius 3 is 2.86 bits per heavy atom.